The predicted octanol–water partition coefficient (Wildman–Crippen LogP) is 2.39. The molecule has 0 aliphatic carbocycles. The zero-order chi connectivity index (χ0) is 9.84. The maximum absolute atomic E-state index is 10.7. The van der Waals surface area contributed by atoms with Gasteiger partial charge in [-0.05, 0) is 30.2 Å². The SMILES string of the molecule is CC(=O)NCc1cc(Br)ccc1C. The molecule has 1 aromatic carbocycles. The Kier molecular flexibility index (Phi) is 3.48. The van der Waals surface area contributed by atoms with Crippen molar-refractivity contribution in [3.8, 4) is 0 Å². The molecular weight excluding hydrogens is 230 g/mol. The molecule has 0 spiro atoms. The number of hydrogen-bond donors (Lipinski definition) is 1. The van der Waals surface area contributed by atoms with Crippen molar-refractivity contribution in [1.82, 2.24) is 5.32 Å². The summed E-state index contributed by atoms with van der Waals surface area (Å²) < 4.78 is 1.04. The molecule has 0 fully saturated rings. The van der Waals surface area contributed by atoms with E-state index < -0.39 is 0 Å². The first-order valence-corrected chi connectivity index (χ1v) is 4.88. The Labute approximate surface area is 86.5 Å². The smallest absolute Gasteiger partial charge is 0.217 e. The summed E-state index contributed by atoms with van der Waals surface area (Å²) in [6.07, 6.45) is 0. The molecule has 0 atom stereocenters. The van der Waals surface area contributed by atoms with Crippen LogP contribution in [0.2, 0.25) is 0 Å². The highest BCUT2D eigenvalue weighted by Gasteiger charge is 1.99. The molecule has 0 aromatic heterocycles. The number of carbonyl (C=O) groups is 1. The Morgan fingerprint density at radius 1 is 1.54 bits per heavy atom. The van der Waals surface area contributed by atoms with E-state index in [2.05, 4.69) is 21.2 Å². The summed E-state index contributed by atoms with van der Waals surface area (Å²) in [5, 5.41) is 2.77. The highest BCUT2D eigenvalue weighted by Crippen LogP contribution is 2.15. The van der Waals surface area contributed by atoms with Crippen LogP contribution in [0.4, 0.5) is 0 Å². The maximum atomic E-state index is 10.7. The van der Waals surface area contributed by atoms with Crippen LogP contribution in [0.5, 0.6) is 0 Å². The average molecular weight is 242 g/mol. The number of amides is 1. The van der Waals surface area contributed by atoms with E-state index in [4.69, 9.17) is 0 Å². The summed E-state index contributed by atoms with van der Waals surface area (Å²) in [5.41, 5.74) is 2.33. The molecular formula is C10H12BrNO. The molecule has 0 saturated heterocycles. The summed E-state index contributed by atoms with van der Waals surface area (Å²) >= 11 is 3.39. The zero-order valence-electron chi connectivity index (χ0n) is 7.73. The largest absolute Gasteiger partial charge is 0.352 e. The van der Waals surface area contributed by atoms with Crippen molar-refractivity contribution in [2.45, 2.75) is 20.4 Å². The number of hydrogen-bond acceptors (Lipinski definition) is 1. The maximum Gasteiger partial charge on any atom is 0.217 e. The molecule has 3 heteroatoms. The number of rotatable bonds is 2. The molecule has 2 nitrogen and oxygen atoms in total. The van der Waals surface area contributed by atoms with Crippen LogP contribution in [-0.2, 0) is 11.3 Å². The standard InChI is InChI=1S/C10H12BrNO/c1-7-3-4-10(11)5-9(7)6-12-8(2)13/h3-5H,6H2,1-2H3,(H,12,13). The summed E-state index contributed by atoms with van der Waals surface area (Å²) in [6.45, 7) is 4.15. The number of nitrogens with one attached hydrogen (secondary N) is 1. The fourth-order valence-electron chi connectivity index (χ4n) is 1.05. The molecule has 1 amide bonds. The van der Waals surface area contributed by atoms with E-state index in [1.54, 1.807) is 0 Å². The van der Waals surface area contributed by atoms with E-state index in [-0.39, 0.29) is 5.91 Å². The van der Waals surface area contributed by atoms with Crippen LogP contribution in [0, 0.1) is 6.92 Å². The molecule has 0 radical (unpaired) electrons. The topological polar surface area (TPSA) is 29.1 Å². The highest BCUT2D eigenvalue weighted by molar-refractivity contribution is 9.10. The van der Waals surface area contributed by atoms with Gasteiger partial charge in [-0.15, -0.1) is 0 Å². The van der Waals surface area contributed by atoms with Gasteiger partial charge in [-0.3, -0.25) is 4.79 Å². The molecule has 0 aliphatic rings. The summed E-state index contributed by atoms with van der Waals surface area (Å²) in [5.74, 6) is -0.000578. The molecule has 0 heterocycles. The monoisotopic (exact) mass is 241 g/mol. The Morgan fingerprint density at radius 2 is 2.23 bits per heavy atom. The van der Waals surface area contributed by atoms with E-state index in [9.17, 15) is 4.79 Å². The van der Waals surface area contributed by atoms with Crippen LogP contribution < -0.4 is 5.32 Å². The third-order valence-electron chi connectivity index (χ3n) is 1.84. The Balaban J connectivity index is 2.75. The van der Waals surface area contributed by atoms with Gasteiger partial charge < -0.3 is 5.32 Å². The Bertz CT molecular complexity index is 323. The second kappa shape index (κ2) is 4.42. The fraction of sp³-hybridized carbons (Fsp3) is 0.300. The van der Waals surface area contributed by atoms with Gasteiger partial charge in [-0.25, -0.2) is 0 Å². The first kappa shape index (κ1) is 10.3. The Hall–Kier alpha value is -0.830. The lowest BCUT2D eigenvalue weighted by atomic mass is 10.1. The minimum absolute atomic E-state index is 0.000578. The van der Waals surface area contributed by atoms with E-state index in [0.29, 0.717) is 6.54 Å². The van der Waals surface area contributed by atoms with Crippen molar-refractivity contribution in [2.24, 2.45) is 0 Å². The van der Waals surface area contributed by atoms with Crippen LogP contribution in [0.1, 0.15) is 18.1 Å². The van der Waals surface area contributed by atoms with Gasteiger partial charge in [0.1, 0.15) is 0 Å². The van der Waals surface area contributed by atoms with E-state index >= 15 is 0 Å². The van der Waals surface area contributed by atoms with Crippen LogP contribution in [0.3, 0.4) is 0 Å². The van der Waals surface area contributed by atoms with Crippen molar-refractivity contribution in [3.63, 3.8) is 0 Å². The normalized spacial score (nSPS) is 9.77. The third-order valence-corrected chi connectivity index (χ3v) is 2.33. The van der Waals surface area contributed by atoms with Crippen LogP contribution in [-0.4, -0.2) is 5.91 Å². The van der Waals surface area contributed by atoms with Crippen molar-refractivity contribution in [2.75, 3.05) is 0 Å². The van der Waals surface area contributed by atoms with Gasteiger partial charge in [0.25, 0.3) is 0 Å². The molecule has 0 aliphatic heterocycles. The van der Waals surface area contributed by atoms with Gasteiger partial charge >= 0.3 is 0 Å². The lowest BCUT2D eigenvalue weighted by molar-refractivity contribution is -0.119. The van der Waals surface area contributed by atoms with E-state index in [0.717, 1.165) is 10.0 Å². The lowest BCUT2D eigenvalue weighted by Crippen LogP contribution is -2.19. The fourth-order valence-corrected chi connectivity index (χ4v) is 1.46. The molecule has 70 valence electrons. The predicted molar refractivity (Wildman–Crippen MR) is 56.4 cm³/mol. The van der Waals surface area contributed by atoms with Crippen LogP contribution in [0.25, 0.3) is 0 Å². The minimum Gasteiger partial charge on any atom is -0.352 e. The average Bonchev–Trinajstić information content (AvgIpc) is 2.06. The lowest BCUT2D eigenvalue weighted by Gasteiger charge is -2.06. The zero-order valence-corrected chi connectivity index (χ0v) is 9.31. The molecule has 0 unspecified atom stereocenters. The minimum atomic E-state index is -0.000578. The van der Waals surface area contributed by atoms with Crippen molar-refractivity contribution < 1.29 is 4.79 Å². The number of benzene rings is 1. The number of halogens is 1. The molecule has 13 heavy (non-hydrogen) atoms. The van der Waals surface area contributed by atoms with E-state index in [1.807, 2.05) is 25.1 Å². The summed E-state index contributed by atoms with van der Waals surface area (Å²) in [7, 11) is 0. The van der Waals surface area contributed by atoms with Crippen molar-refractivity contribution in [3.05, 3.63) is 33.8 Å². The van der Waals surface area contributed by atoms with Gasteiger partial charge in [-0.1, -0.05) is 22.0 Å². The molecule has 1 N–H and O–H groups in total. The second-order valence-corrected chi connectivity index (χ2v) is 3.90. The van der Waals surface area contributed by atoms with Crippen LogP contribution in [0.15, 0.2) is 22.7 Å². The number of carbonyl (C=O) groups excluding carboxylic acids is 1. The van der Waals surface area contributed by atoms with Gasteiger partial charge in [0.15, 0.2) is 0 Å². The molecule has 1 aromatic rings. The van der Waals surface area contributed by atoms with Crippen molar-refractivity contribution in [1.29, 1.82) is 0 Å². The molecule has 1 rings (SSSR count). The first-order chi connectivity index (χ1) is 6.09. The molecule has 0 saturated carbocycles. The Morgan fingerprint density at radius 3 is 2.85 bits per heavy atom. The third kappa shape index (κ3) is 3.19. The van der Waals surface area contributed by atoms with Gasteiger partial charge in [0.05, 0.1) is 0 Å². The molecule has 0 bridgehead atoms. The first-order valence-electron chi connectivity index (χ1n) is 4.09. The van der Waals surface area contributed by atoms with E-state index in [1.165, 1.54) is 12.5 Å². The summed E-state index contributed by atoms with van der Waals surface area (Å²) in [4.78, 5) is 10.7. The second-order valence-electron chi connectivity index (χ2n) is 2.98. The summed E-state index contributed by atoms with van der Waals surface area (Å²) in [6, 6.07) is 6.04. The van der Waals surface area contributed by atoms with Gasteiger partial charge in [0.2, 0.25) is 5.91 Å². The highest BCUT2D eigenvalue weighted by atomic mass is 79.9. The van der Waals surface area contributed by atoms with Gasteiger partial charge in [-0.2, -0.15) is 0 Å². The van der Waals surface area contributed by atoms with Gasteiger partial charge in [0, 0.05) is 17.9 Å². The van der Waals surface area contributed by atoms with Crippen LogP contribution >= 0.6 is 15.9 Å². The quantitative estimate of drug-likeness (QED) is 0.847. The van der Waals surface area contributed by atoms with Crippen molar-refractivity contribution >= 4 is 21.8 Å². The number of aryl methyl sites for hydroxylation is 1.